The molecule has 1 unspecified atom stereocenters. The highest BCUT2D eigenvalue weighted by Crippen LogP contribution is 2.43. The minimum atomic E-state index is -0.680. The zero-order chi connectivity index (χ0) is 22.0. The normalized spacial score (nSPS) is 16.5. The van der Waals surface area contributed by atoms with Gasteiger partial charge in [0.15, 0.2) is 0 Å². The summed E-state index contributed by atoms with van der Waals surface area (Å²) >= 11 is 7.57. The summed E-state index contributed by atoms with van der Waals surface area (Å²) < 4.78 is 5.55. The number of anilines is 1. The van der Waals surface area contributed by atoms with E-state index in [0.717, 1.165) is 16.3 Å². The fraction of sp³-hybridized carbons (Fsp3) is 0.250. The number of thioether (sulfide) groups is 1. The van der Waals surface area contributed by atoms with Crippen molar-refractivity contribution in [3.8, 4) is 0 Å². The van der Waals surface area contributed by atoms with Crippen molar-refractivity contribution in [3.05, 3.63) is 77.3 Å². The molecule has 1 aliphatic heterocycles. The summed E-state index contributed by atoms with van der Waals surface area (Å²) in [7, 11) is 0. The molecule has 0 aliphatic carbocycles. The topological polar surface area (TPSA) is 58.6 Å². The quantitative estimate of drug-likeness (QED) is 0.506. The van der Waals surface area contributed by atoms with Gasteiger partial charge in [-0.1, -0.05) is 60.1 Å². The van der Waals surface area contributed by atoms with Crippen molar-refractivity contribution in [1.82, 2.24) is 4.90 Å². The first-order valence-corrected chi connectivity index (χ1v) is 11.4. The number of nitrogens with zero attached hydrogens (tertiary/aromatic N) is 1. The van der Waals surface area contributed by atoms with Gasteiger partial charge >= 0.3 is 6.09 Å². The Bertz CT molecular complexity index is 1110. The lowest BCUT2D eigenvalue weighted by molar-refractivity contribution is -0.134. The van der Waals surface area contributed by atoms with Crippen LogP contribution in [0.5, 0.6) is 0 Å². The third kappa shape index (κ3) is 4.65. The van der Waals surface area contributed by atoms with E-state index in [1.165, 1.54) is 0 Å². The van der Waals surface area contributed by atoms with Crippen molar-refractivity contribution >= 4 is 51.8 Å². The molecule has 7 heteroatoms. The fourth-order valence-electron chi connectivity index (χ4n) is 3.74. The van der Waals surface area contributed by atoms with Crippen molar-refractivity contribution < 1.29 is 14.3 Å². The van der Waals surface area contributed by atoms with E-state index in [2.05, 4.69) is 5.32 Å². The van der Waals surface area contributed by atoms with E-state index in [0.29, 0.717) is 16.5 Å². The van der Waals surface area contributed by atoms with E-state index >= 15 is 0 Å². The number of carbonyl (C=O) groups is 2. The number of hydrogen-bond donors (Lipinski definition) is 1. The van der Waals surface area contributed by atoms with E-state index in [1.807, 2.05) is 80.6 Å². The van der Waals surface area contributed by atoms with Gasteiger partial charge in [0.1, 0.15) is 12.0 Å². The number of halogens is 1. The van der Waals surface area contributed by atoms with Crippen LogP contribution in [0, 0.1) is 0 Å². The van der Waals surface area contributed by atoms with Crippen LogP contribution in [-0.4, -0.2) is 34.8 Å². The molecule has 4 rings (SSSR count). The molecule has 160 valence electrons. The molecule has 1 N–H and O–H groups in total. The number of fused-ring (bicyclic) bond motifs is 1. The molecule has 1 atom stereocenters. The lowest BCUT2D eigenvalue weighted by Crippen LogP contribution is -2.49. The molecule has 1 saturated heterocycles. The molecule has 0 radical (unpaired) electrons. The van der Waals surface area contributed by atoms with E-state index in [-0.39, 0.29) is 17.9 Å². The second kappa shape index (κ2) is 8.81. The van der Waals surface area contributed by atoms with Crippen molar-refractivity contribution in [2.24, 2.45) is 0 Å². The molecule has 0 saturated carbocycles. The Morgan fingerprint density at radius 3 is 2.61 bits per heavy atom. The largest absolute Gasteiger partial charge is 0.447 e. The smallest absolute Gasteiger partial charge is 0.411 e. The molecule has 1 aliphatic rings. The van der Waals surface area contributed by atoms with Crippen LogP contribution in [-0.2, 0) is 9.53 Å². The van der Waals surface area contributed by atoms with Gasteiger partial charge in [0.2, 0.25) is 5.91 Å². The van der Waals surface area contributed by atoms with E-state index < -0.39 is 11.6 Å². The summed E-state index contributed by atoms with van der Waals surface area (Å²) in [5, 5.41) is 5.30. The molecular weight excluding hydrogens is 432 g/mol. The van der Waals surface area contributed by atoms with E-state index in [9.17, 15) is 9.59 Å². The highest BCUT2D eigenvalue weighted by Gasteiger charge is 2.42. The van der Waals surface area contributed by atoms with Crippen molar-refractivity contribution in [3.63, 3.8) is 0 Å². The molecule has 0 spiro atoms. The molecule has 0 bridgehead atoms. The first kappa shape index (κ1) is 21.5. The average molecular weight is 455 g/mol. The molecule has 3 aromatic rings. The van der Waals surface area contributed by atoms with Crippen LogP contribution in [0.15, 0.2) is 66.7 Å². The van der Waals surface area contributed by atoms with Crippen molar-refractivity contribution in [1.29, 1.82) is 0 Å². The summed E-state index contributed by atoms with van der Waals surface area (Å²) in [4.78, 5) is 27.0. The predicted octanol–water partition coefficient (Wildman–Crippen LogP) is 6.09. The Kier molecular flexibility index (Phi) is 6.12. The molecule has 1 fully saturated rings. The van der Waals surface area contributed by atoms with Gasteiger partial charge in [-0.2, -0.15) is 0 Å². The van der Waals surface area contributed by atoms with Gasteiger partial charge in [-0.15, -0.1) is 11.8 Å². The van der Waals surface area contributed by atoms with E-state index in [4.69, 9.17) is 16.3 Å². The second-order valence-electron chi connectivity index (χ2n) is 8.02. The molecule has 3 aromatic carbocycles. The number of carbonyl (C=O) groups excluding carboxylic acids is 2. The van der Waals surface area contributed by atoms with Gasteiger partial charge in [-0.25, -0.2) is 4.79 Å². The molecule has 2 amide bonds. The molecule has 0 aromatic heterocycles. The van der Waals surface area contributed by atoms with Crippen LogP contribution in [0.25, 0.3) is 10.8 Å². The first-order chi connectivity index (χ1) is 14.8. The standard InChI is InChI=1S/C24H23ClN2O3S/c1-24(2,27-21(28)14-31-22(27)17-10-12-18(25)13-11-17)15-30-23(29)26-20-9-5-7-16-6-3-4-8-19(16)20/h3-13,22H,14-15H2,1-2H3,(H,26,29). The van der Waals surface area contributed by atoms with Gasteiger partial charge in [-0.3, -0.25) is 10.1 Å². The molecule has 1 heterocycles. The van der Waals surface area contributed by atoms with Crippen LogP contribution >= 0.6 is 23.4 Å². The molecule has 31 heavy (non-hydrogen) atoms. The highest BCUT2D eigenvalue weighted by molar-refractivity contribution is 8.00. The van der Waals surface area contributed by atoms with Crippen molar-refractivity contribution in [2.75, 3.05) is 17.7 Å². The number of amides is 2. The maximum atomic E-state index is 12.7. The average Bonchev–Trinajstić information content (AvgIpc) is 3.15. The van der Waals surface area contributed by atoms with Gasteiger partial charge in [0, 0.05) is 10.4 Å². The maximum Gasteiger partial charge on any atom is 0.411 e. The SMILES string of the molecule is CC(C)(COC(=O)Nc1cccc2ccccc12)N1C(=O)CSC1c1ccc(Cl)cc1. The summed E-state index contributed by atoms with van der Waals surface area (Å²) in [5.74, 6) is 0.409. The number of nitrogens with one attached hydrogen (secondary N) is 1. The van der Waals surface area contributed by atoms with Crippen LogP contribution in [0.1, 0.15) is 24.8 Å². The zero-order valence-electron chi connectivity index (χ0n) is 17.3. The highest BCUT2D eigenvalue weighted by atomic mass is 35.5. The van der Waals surface area contributed by atoms with Crippen LogP contribution < -0.4 is 5.32 Å². The first-order valence-electron chi connectivity index (χ1n) is 9.96. The number of hydrogen-bond acceptors (Lipinski definition) is 4. The van der Waals surface area contributed by atoms with Gasteiger partial charge < -0.3 is 9.64 Å². The summed E-state index contributed by atoms with van der Waals surface area (Å²) in [6.07, 6.45) is -0.549. The Hall–Kier alpha value is -2.70. The summed E-state index contributed by atoms with van der Waals surface area (Å²) in [6.45, 7) is 3.88. The number of rotatable bonds is 5. The van der Waals surface area contributed by atoms with Gasteiger partial charge in [0.25, 0.3) is 0 Å². The van der Waals surface area contributed by atoms with Gasteiger partial charge in [-0.05, 0) is 43.0 Å². The molecule has 5 nitrogen and oxygen atoms in total. The van der Waals surface area contributed by atoms with Gasteiger partial charge in [0.05, 0.1) is 17.0 Å². The number of ether oxygens (including phenoxy) is 1. The minimum absolute atomic E-state index is 0.0213. The lowest BCUT2D eigenvalue weighted by Gasteiger charge is -2.38. The predicted molar refractivity (Wildman–Crippen MR) is 126 cm³/mol. The minimum Gasteiger partial charge on any atom is -0.447 e. The van der Waals surface area contributed by atoms with E-state index in [1.54, 1.807) is 16.7 Å². The zero-order valence-corrected chi connectivity index (χ0v) is 18.9. The van der Waals surface area contributed by atoms with Crippen LogP contribution in [0.3, 0.4) is 0 Å². The lowest BCUT2D eigenvalue weighted by atomic mass is 10.0. The Balaban J connectivity index is 1.45. The Labute approximate surface area is 190 Å². The molecular formula is C24H23ClN2O3S. The summed E-state index contributed by atoms with van der Waals surface area (Å²) in [6, 6.07) is 21.0. The number of benzene rings is 3. The maximum absolute atomic E-state index is 12.7. The second-order valence-corrected chi connectivity index (χ2v) is 9.52. The third-order valence-electron chi connectivity index (χ3n) is 5.26. The third-order valence-corrected chi connectivity index (χ3v) is 6.72. The van der Waals surface area contributed by atoms with Crippen molar-refractivity contribution in [2.45, 2.75) is 24.8 Å². The monoisotopic (exact) mass is 454 g/mol. The van der Waals surface area contributed by atoms with Crippen LogP contribution in [0.4, 0.5) is 10.5 Å². The van der Waals surface area contributed by atoms with Crippen LogP contribution in [0.2, 0.25) is 5.02 Å². The summed E-state index contributed by atoms with van der Waals surface area (Å²) in [5.41, 5.74) is 1.00. The fourth-order valence-corrected chi connectivity index (χ4v) is 5.21. The Morgan fingerprint density at radius 2 is 1.84 bits per heavy atom. The Morgan fingerprint density at radius 1 is 1.13 bits per heavy atom.